The molecule has 0 bridgehead atoms. The number of rotatable bonds is 4. The van der Waals surface area contributed by atoms with Crippen LogP contribution < -0.4 is 10.2 Å². The third kappa shape index (κ3) is 3.40. The summed E-state index contributed by atoms with van der Waals surface area (Å²) in [5.41, 5.74) is 0. The normalized spacial score (nSPS) is 20.6. The summed E-state index contributed by atoms with van der Waals surface area (Å²) in [5.74, 6) is 1.92. The third-order valence-electron chi connectivity index (χ3n) is 3.19. The lowest BCUT2D eigenvalue weighted by molar-refractivity contribution is 0.421. The Labute approximate surface area is 103 Å². The summed E-state index contributed by atoms with van der Waals surface area (Å²) in [7, 11) is 0. The smallest absolute Gasteiger partial charge is 0.132 e. The summed E-state index contributed by atoms with van der Waals surface area (Å²) in [6, 6.07) is 2.62. The summed E-state index contributed by atoms with van der Waals surface area (Å²) < 4.78 is 0. The number of aromatic nitrogens is 2. The average molecular weight is 234 g/mol. The average Bonchev–Trinajstić information content (AvgIpc) is 2.37. The Balaban J connectivity index is 1.97. The molecule has 0 aromatic carbocycles. The van der Waals surface area contributed by atoms with Gasteiger partial charge in [-0.05, 0) is 38.8 Å². The van der Waals surface area contributed by atoms with Gasteiger partial charge in [-0.1, -0.05) is 6.92 Å². The molecule has 1 saturated heterocycles. The van der Waals surface area contributed by atoms with Crippen molar-refractivity contribution in [1.29, 1.82) is 0 Å². The lowest BCUT2D eigenvalue weighted by Crippen LogP contribution is -2.46. The van der Waals surface area contributed by atoms with Crippen molar-refractivity contribution in [3.63, 3.8) is 0 Å². The van der Waals surface area contributed by atoms with Gasteiger partial charge in [-0.3, -0.25) is 0 Å². The summed E-state index contributed by atoms with van der Waals surface area (Å²) in [4.78, 5) is 11.0. The van der Waals surface area contributed by atoms with E-state index in [0.29, 0.717) is 6.04 Å². The quantitative estimate of drug-likeness (QED) is 0.862. The van der Waals surface area contributed by atoms with Crippen molar-refractivity contribution >= 4 is 5.82 Å². The lowest BCUT2D eigenvalue weighted by Gasteiger charge is -2.34. The molecule has 1 aromatic rings. The van der Waals surface area contributed by atoms with Gasteiger partial charge in [-0.25, -0.2) is 9.97 Å². The Kier molecular flexibility index (Phi) is 4.31. The molecule has 1 aliphatic heterocycles. The van der Waals surface area contributed by atoms with Crippen molar-refractivity contribution in [2.24, 2.45) is 0 Å². The second-order valence-corrected chi connectivity index (χ2v) is 4.70. The minimum atomic E-state index is 0.610. The first-order chi connectivity index (χ1) is 8.29. The highest BCUT2D eigenvalue weighted by Gasteiger charge is 2.20. The third-order valence-corrected chi connectivity index (χ3v) is 3.19. The zero-order valence-electron chi connectivity index (χ0n) is 10.8. The Hall–Kier alpha value is -1.16. The SMILES string of the molecule is CCCNC1CCCN(c2ccnc(C)n2)C1. The molecule has 1 unspecified atom stereocenters. The Morgan fingerprint density at radius 2 is 2.41 bits per heavy atom. The van der Waals surface area contributed by atoms with Gasteiger partial charge in [0.05, 0.1) is 0 Å². The van der Waals surface area contributed by atoms with E-state index in [0.717, 1.165) is 31.3 Å². The van der Waals surface area contributed by atoms with Crippen LogP contribution in [0, 0.1) is 6.92 Å². The van der Waals surface area contributed by atoms with Gasteiger partial charge in [0.15, 0.2) is 0 Å². The highest BCUT2D eigenvalue weighted by molar-refractivity contribution is 5.38. The predicted octanol–water partition coefficient (Wildman–Crippen LogP) is 1.75. The standard InChI is InChI=1S/C13H22N4/c1-3-7-15-12-5-4-9-17(10-12)13-6-8-14-11(2)16-13/h6,8,12,15H,3-5,7,9-10H2,1-2H3. The maximum atomic E-state index is 4.50. The van der Waals surface area contributed by atoms with Crippen molar-refractivity contribution in [3.8, 4) is 0 Å². The first-order valence-corrected chi connectivity index (χ1v) is 6.57. The maximum Gasteiger partial charge on any atom is 0.132 e. The van der Waals surface area contributed by atoms with E-state index in [1.807, 2.05) is 19.2 Å². The van der Waals surface area contributed by atoms with Crippen LogP contribution in [0.2, 0.25) is 0 Å². The minimum absolute atomic E-state index is 0.610. The van der Waals surface area contributed by atoms with Crippen molar-refractivity contribution < 1.29 is 0 Å². The molecule has 1 aromatic heterocycles. The van der Waals surface area contributed by atoms with Crippen molar-refractivity contribution in [2.75, 3.05) is 24.5 Å². The molecule has 1 aliphatic rings. The van der Waals surface area contributed by atoms with Gasteiger partial charge < -0.3 is 10.2 Å². The molecule has 0 saturated carbocycles. The molecule has 0 amide bonds. The summed E-state index contributed by atoms with van der Waals surface area (Å²) in [6.45, 7) is 7.44. The number of hydrogen-bond donors (Lipinski definition) is 1. The lowest BCUT2D eigenvalue weighted by atomic mass is 10.1. The molecule has 1 atom stereocenters. The first kappa shape index (κ1) is 12.3. The molecule has 2 rings (SSSR count). The number of aryl methyl sites for hydroxylation is 1. The fraction of sp³-hybridized carbons (Fsp3) is 0.692. The molecule has 0 spiro atoms. The van der Waals surface area contributed by atoms with Gasteiger partial charge in [-0.2, -0.15) is 0 Å². The second-order valence-electron chi connectivity index (χ2n) is 4.70. The van der Waals surface area contributed by atoms with E-state index < -0.39 is 0 Å². The number of nitrogens with one attached hydrogen (secondary N) is 1. The number of nitrogens with zero attached hydrogens (tertiary/aromatic N) is 3. The van der Waals surface area contributed by atoms with E-state index >= 15 is 0 Å². The molecular weight excluding hydrogens is 212 g/mol. The van der Waals surface area contributed by atoms with E-state index in [1.54, 1.807) is 0 Å². The zero-order chi connectivity index (χ0) is 12.1. The van der Waals surface area contributed by atoms with Crippen LogP contribution in [0.5, 0.6) is 0 Å². The van der Waals surface area contributed by atoms with Gasteiger partial charge in [0.1, 0.15) is 11.6 Å². The largest absolute Gasteiger partial charge is 0.355 e. The number of anilines is 1. The fourth-order valence-corrected chi connectivity index (χ4v) is 2.32. The molecular formula is C13H22N4. The van der Waals surface area contributed by atoms with Gasteiger partial charge in [0.25, 0.3) is 0 Å². The van der Waals surface area contributed by atoms with Crippen LogP contribution in [0.1, 0.15) is 32.0 Å². The molecule has 94 valence electrons. The topological polar surface area (TPSA) is 41.0 Å². The Morgan fingerprint density at radius 3 is 3.18 bits per heavy atom. The minimum Gasteiger partial charge on any atom is -0.355 e. The van der Waals surface area contributed by atoms with E-state index in [-0.39, 0.29) is 0 Å². The molecule has 1 fully saturated rings. The van der Waals surface area contributed by atoms with E-state index in [1.165, 1.54) is 19.3 Å². The Bertz CT molecular complexity index is 353. The van der Waals surface area contributed by atoms with Gasteiger partial charge in [0.2, 0.25) is 0 Å². The van der Waals surface area contributed by atoms with Crippen molar-refractivity contribution in [2.45, 2.75) is 39.2 Å². The van der Waals surface area contributed by atoms with Crippen LogP contribution >= 0.6 is 0 Å². The van der Waals surface area contributed by atoms with Crippen LogP contribution in [-0.4, -0.2) is 35.6 Å². The molecule has 1 N–H and O–H groups in total. The Morgan fingerprint density at radius 1 is 1.53 bits per heavy atom. The van der Waals surface area contributed by atoms with E-state index in [9.17, 15) is 0 Å². The fourth-order valence-electron chi connectivity index (χ4n) is 2.32. The maximum absolute atomic E-state index is 4.50. The van der Waals surface area contributed by atoms with E-state index in [4.69, 9.17) is 0 Å². The van der Waals surface area contributed by atoms with Crippen LogP contribution in [0.3, 0.4) is 0 Å². The number of piperidine rings is 1. The molecule has 2 heterocycles. The summed E-state index contributed by atoms with van der Waals surface area (Å²) in [5, 5.41) is 3.60. The van der Waals surface area contributed by atoms with Gasteiger partial charge in [-0.15, -0.1) is 0 Å². The second kappa shape index (κ2) is 5.96. The summed E-state index contributed by atoms with van der Waals surface area (Å²) >= 11 is 0. The van der Waals surface area contributed by atoms with Crippen molar-refractivity contribution in [1.82, 2.24) is 15.3 Å². The van der Waals surface area contributed by atoms with E-state index in [2.05, 4.69) is 27.1 Å². The summed E-state index contributed by atoms with van der Waals surface area (Å²) in [6.07, 6.45) is 5.56. The monoisotopic (exact) mass is 234 g/mol. The zero-order valence-corrected chi connectivity index (χ0v) is 10.8. The molecule has 0 radical (unpaired) electrons. The molecule has 0 aliphatic carbocycles. The highest BCUT2D eigenvalue weighted by Crippen LogP contribution is 2.17. The van der Waals surface area contributed by atoms with Crippen molar-refractivity contribution in [3.05, 3.63) is 18.1 Å². The molecule has 4 heteroatoms. The van der Waals surface area contributed by atoms with Crippen LogP contribution in [-0.2, 0) is 0 Å². The van der Waals surface area contributed by atoms with Crippen LogP contribution in [0.25, 0.3) is 0 Å². The van der Waals surface area contributed by atoms with Gasteiger partial charge in [0, 0.05) is 25.3 Å². The molecule has 4 nitrogen and oxygen atoms in total. The number of hydrogen-bond acceptors (Lipinski definition) is 4. The van der Waals surface area contributed by atoms with Gasteiger partial charge >= 0.3 is 0 Å². The van der Waals surface area contributed by atoms with Crippen LogP contribution in [0.15, 0.2) is 12.3 Å². The molecule has 17 heavy (non-hydrogen) atoms. The van der Waals surface area contributed by atoms with Crippen LogP contribution in [0.4, 0.5) is 5.82 Å². The highest BCUT2D eigenvalue weighted by atomic mass is 15.2. The first-order valence-electron chi connectivity index (χ1n) is 6.57. The predicted molar refractivity (Wildman–Crippen MR) is 70.3 cm³/mol.